The second-order valence-electron chi connectivity index (χ2n) is 6.40. The van der Waals surface area contributed by atoms with Crippen LogP contribution in [0.5, 0.6) is 5.75 Å². The van der Waals surface area contributed by atoms with E-state index in [1.807, 2.05) is 0 Å². The molecule has 8 heteroatoms. The fourth-order valence-electron chi connectivity index (χ4n) is 2.15. The van der Waals surface area contributed by atoms with Gasteiger partial charge in [0.2, 0.25) is 0 Å². The average molecular weight is 394 g/mol. The molecule has 27 heavy (non-hydrogen) atoms. The third-order valence-electron chi connectivity index (χ3n) is 3.64. The van der Waals surface area contributed by atoms with Crippen molar-refractivity contribution in [3.8, 4) is 5.75 Å². The summed E-state index contributed by atoms with van der Waals surface area (Å²) in [5.74, 6) is 0.206. The summed E-state index contributed by atoms with van der Waals surface area (Å²) in [6.07, 6.45) is 0.888. The van der Waals surface area contributed by atoms with E-state index in [2.05, 4.69) is 23.9 Å². The molecule has 0 saturated heterocycles. The normalized spacial score (nSPS) is 11.3. The van der Waals surface area contributed by atoms with Gasteiger partial charge in [0.05, 0.1) is 4.90 Å². The lowest BCUT2D eigenvalue weighted by molar-refractivity contribution is -0.123. The van der Waals surface area contributed by atoms with Crippen LogP contribution < -0.4 is 14.8 Å². The number of amides is 1. The van der Waals surface area contributed by atoms with E-state index >= 15 is 0 Å². The Hall–Kier alpha value is -2.61. The number of sulfonamides is 1. The molecule has 1 amide bonds. The number of ether oxygens (including phenoxy) is 1. The van der Waals surface area contributed by atoms with Crippen molar-refractivity contribution >= 4 is 21.6 Å². The highest BCUT2D eigenvalue weighted by Gasteiger charge is 2.14. The fraction of sp³-hybridized carbons (Fsp3) is 0.316. The molecule has 6 nitrogen and oxygen atoms in total. The van der Waals surface area contributed by atoms with Crippen molar-refractivity contribution in [3.05, 3.63) is 54.3 Å². The number of rotatable bonds is 9. The highest BCUT2D eigenvalue weighted by atomic mass is 32.2. The smallest absolute Gasteiger partial charge is 0.261 e. The Morgan fingerprint density at radius 2 is 1.70 bits per heavy atom. The van der Waals surface area contributed by atoms with E-state index in [0.29, 0.717) is 18.2 Å². The topological polar surface area (TPSA) is 84.5 Å². The quantitative estimate of drug-likeness (QED) is 0.684. The van der Waals surface area contributed by atoms with E-state index in [1.54, 1.807) is 0 Å². The average Bonchev–Trinajstić information content (AvgIpc) is 2.62. The largest absolute Gasteiger partial charge is 0.484 e. The highest BCUT2D eigenvalue weighted by molar-refractivity contribution is 7.92. The van der Waals surface area contributed by atoms with Crippen molar-refractivity contribution < 1.29 is 22.3 Å². The summed E-state index contributed by atoms with van der Waals surface area (Å²) in [6, 6.07) is 10.7. The van der Waals surface area contributed by atoms with Gasteiger partial charge in [-0.25, -0.2) is 12.8 Å². The summed E-state index contributed by atoms with van der Waals surface area (Å²) in [7, 11) is -3.80. The molecule has 0 atom stereocenters. The summed E-state index contributed by atoms with van der Waals surface area (Å²) in [6.45, 7) is 4.59. The summed E-state index contributed by atoms with van der Waals surface area (Å²) in [5, 5.41) is 2.75. The summed E-state index contributed by atoms with van der Waals surface area (Å²) in [4.78, 5) is 11.7. The number of hydrogen-bond donors (Lipinski definition) is 2. The first-order valence-corrected chi connectivity index (χ1v) is 10.0. The molecule has 2 aromatic carbocycles. The number of carbonyl (C=O) groups is 1. The zero-order valence-electron chi connectivity index (χ0n) is 15.2. The Bertz CT molecular complexity index is 850. The Morgan fingerprint density at radius 1 is 1.07 bits per heavy atom. The van der Waals surface area contributed by atoms with Crippen LogP contribution in [-0.4, -0.2) is 27.5 Å². The van der Waals surface area contributed by atoms with E-state index in [0.717, 1.165) is 6.42 Å². The van der Waals surface area contributed by atoms with Crippen LogP contribution in [0.2, 0.25) is 0 Å². The van der Waals surface area contributed by atoms with E-state index < -0.39 is 15.8 Å². The maximum absolute atomic E-state index is 12.9. The lowest BCUT2D eigenvalue weighted by Gasteiger charge is -2.10. The van der Waals surface area contributed by atoms with Crippen LogP contribution in [0.15, 0.2) is 53.4 Å². The molecule has 0 aliphatic carbocycles. The molecule has 2 aromatic rings. The number of benzene rings is 2. The van der Waals surface area contributed by atoms with Crippen LogP contribution in [0.1, 0.15) is 20.3 Å². The van der Waals surface area contributed by atoms with E-state index in [1.165, 1.54) is 48.5 Å². The van der Waals surface area contributed by atoms with Gasteiger partial charge in [0.25, 0.3) is 15.9 Å². The van der Waals surface area contributed by atoms with E-state index in [4.69, 9.17) is 4.74 Å². The van der Waals surface area contributed by atoms with E-state index in [-0.39, 0.29) is 23.1 Å². The molecule has 0 bridgehead atoms. The molecular weight excluding hydrogens is 371 g/mol. The minimum atomic E-state index is -3.80. The second kappa shape index (κ2) is 9.36. The molecule has 0 fully saturated rings. The van der Waals surface area contributed by atoms with Gasteiger partial charge in [-0.05, 0) is 60.9 Å². The lowest BCUT2D eigenvalue weighted by Crippen LogP contribution is -2.30. The van der Waals surface area contributed by atoms with Crippen LogP contribution in [0.4, 0.5) is 10.1 Å². The zero-order valence-corrected chi connectivity index (χ0v) is 16.1. The molecule has 0 spiro atoms. The van der Waals surface area contributed by atoms with Gasteiger partial charge >= 0.3 is 0 Å². The van der Waals surface area contributed by atoms with Crippen molar-refractivity contribution in [2.75, 3.05) is 17.9 Å². The molecule has 0 aromatic heterocycles. The van der Waals surface area contributed by atoms with Crippen LogP contribution in [0.25, 0.3) is 0 Å². The molecule has 0 saturated carbocycles. The van der Waals surface area contributed by atoms with Crippen LogP contribution >= 0.6 is 0 Å². The second-order valence-corrected chi connectivity index (χ2v) is 8.09. The molecule has 2 N–H and O–H groups in total. The maximum Gasteiger partial charge on any atom is 0.261 e. The van der Waals surface area contributed by atoms with Gasteiger partial charge in [-0.1, -0.05) is 13.8 Å². The van der Waals surface area contributed by atoms with Crippen molar-refractivity contribution in [2.45, 2.75) is 25.2 Å². The molecule has 0 aliphatic rings. The van der Waals surface area contributed by atoms with Gasteiger partial charge in [-0.3, -0.25) is 9.52 Å². The standard InChI is InChI=1S/C19H23FN2O4S/c1-14(2)11-12-21-19(23)13-26-17-7-9-18(10-8-17)27(24,25)22-16-5-3-15(20)4-6-16/h3-10,14,22H,11-13H2,1-2H3,(H,21,23). The van der Waals surface area contributed by atoms with Crippen LogP contribution in [0, 0.1) is 11.7 Å². The third-order valence-corrected chi connectivity index (χ3v) is 5.04. The van der Waals surface area contributed by atoms with Gasteiger partial charge in [-0.2, -0.15) is 0 Å². The van der Waals surface area contributed by atoms with Crippen molar-refractivity contribution in [2.24, 2.45) is 5.92 Å². The minimum Gasteiger partial charge on any atom is -0.484 e. The molecule has 0 radical (unpaired) electrons. The fourth-order valence-corrected chi connectivity index (χ4v) is 3.21. The number of hydrogen-bond acceptors (Lipinski definition) is 4. The first-order chi connectivity index (χ1) is 12.8. The zero-order chi connectivity index (χ0) is 19.9. The Morgan fingerprint density at radius 3 is 2.30 bits per heavy atom. The van der Waals surface area contributed by atoms with Crippen molar-refractivity contribution in [1.82, 2.24) is 5.32 Å². The van der Waals surface area contributed by atoms with Gasteiger partial charge in [0.15, 0.2) is 6.61 Å². The first-order valence-electron chi connectivity index (χ1n) is 8.54. The number of anilines is 1. The number of halogens is 1. The SMILES string of the molecule is CC(C)CCNC(=O)COc1ccc(S(=O)(=O)Nc2ccc(F)cc2)cc1. The Balaban J connectivity index is 1.90. The Kier molecular flexibility index (Phi) is 7.18. The maximum atomic E-state index is 12.9. The van der Waals surface area contributed by atoms with Gasteiger partial charge < -0.3 is 10.1 Å². The van der Waals surface area contributed by atoms with Gasteiger partial charge in [0, 0.05) is 12.2 Å². The summed E-state index contributed by atoms with van der Waals surface area (Å²) < 4.78 is 45.3. The molecule has 146 valence electrons. The Labute approximate surface area is 158 Å². The molecule has 0 unspecified atom stereocenters. The predicted octanol–water partition coefficient (Wildman–Crippen LogP) is 3.17. The predicted molar refractivity (Wildman–Crippen MR) is 102 cm³/mol. The number of carbonyl (C=O) groups excluding carboxylic acids is 1. The molecule has 2 rings (SSSR count). The number of nitrogens with one attached hydrogen (secondary N) is 2. The molecular formula is C19H23FN2O4S. The third kappa shape index (κ3) is 6.90. The minimum absolute atomic E-state index is 0.0283. The summed E-state index contributed by atoms with van der Waals surface area (Å²) >= 11 is 0. The van der Waals surface area contributed by atoms with Gasteiger partial charge in [0.1, 0.15) is 11.6 Å². The van der Waals surface area contributed by atoms with Crippen LogP contribution in [0.3, 0.4) is 0 Å². The van der Waals surface area contributed by atoms with Gasteiger partial charge in [-0.15, -0.1) is 0 Å². The lowest BCUT2D eigenvalue weighted by atomic mass is 10.1. The van der Waals surface area contributed by atoms with Crippen molar-refractivity contribution in [3.63, 3.8) is 0 Å². The summed E-state index contributed by atoms with van der Waals surface area (Å²) in [5.41, 5.74) is 0.259. The first kappa shape index (κ1) is 20.7. The van der Waals surface area contributed by atoms with Crippen LogP contribution in [-0.2, 0) is 14.8 Å². The van der Waals surface area contributed by atoms with Crippen molar-refractivity contribution in [1.29, 1.82) is 0 Å². The monoisotopic (exact) mass is 394 g/mol. The highest BCUT2D eigenvalue weighted by Crippen LogP contribution is 2.19. The van der Waals surface area contributed by atoms with E-state index in [9.17, 15) is 17.6 Å². The molecule has 0 heterocycles. The molecule has 0 aliphatic heterocycles.